The van der Waals surface area contributed by atoms with E-state index < -0.39 is 5.56 Å². The zero-order valence-electron chi connectivity index (χ0n) is 12.2. The van der Waals surface area contributed by atoms with Gasteiger partial charge in [-0.05, 0) is 23.6 Å². The number of carbonyl (C=O) groups is 1. The molecule has 0 saturated carbocycles. The molecule has 1 heterocycles. The quantitative estimate of drug-likeness (QED) is 0.671. The van der Waals surface area contributed by atoms with E-state index >= 15 is 0 Å². The van der Waals surface area contributed by atoms with Crippen LogP contribution in [0.25, 0.3) is 10.8 Å². The number of fused-ring (bicyclic) bond motifs is 1. The predicted octanol–water partition coefficient (Wildman–Crippen LogP) is 1.38. The van der Waals surface area contributed by atoms with Gasteiger partial charge in [-0.25, -0.2) is 4.79 Å². The lowest BCUT2D eigenvalue weighted by Gasteiger charge is -2.18. The Kier molecular flexibility index (Phi) is 3.84. The van der Waals surface area contributed by atoms with Crippen molar-refractivity contribution in [3.05, 3.63) is 38.9 Å². The third-order valence-electron chi connectivity index (χ3n) is 2.84. The molecule has 21 heavy (non-hydrogen) atoms. The van der Waals surface area contributed by atoms with E-state index in [2.05, 4.69) is 20.8 Å². The number of aromatic amines is 2. The fourth-order valence-corrected chi connectivity index (χ4v) is 1.78. The van der Waals surface area contributed by atoms with Crippen LogP contribution in [0.15, 0.2) is 27.8 Å². The molecule has 0 atom stereocenters. The molecular weight excluding hydrogens is 272 g/mol. The molecule has 0 aliphatic heterocycles. The lowest BCUT2D eigenvalue weighted by atomic mass is 9.97. The highest BCUT2D eigenvalue weighted by molar-refractivity contribution is 5.92. The van der Waals surface area contributed by atoms with Crippen LogP contribution < -0.4 is 21.8 Å². The Morgan fingerprint density at radius 3 is 2.33 bits per heavy atom. The van der Waals surface area contributed by atoms with Crippen LogP contribution in [0.1, 0.15) is 20.8 Å². The number of benzene rings is 1. The van der Waals surface area contributed by atoms with Crippen LogP contribution in [0.2, 0.25) is 0 Å². The van der Waals surface area contributed by atoms with Crippen molar-refractivity contribution in [1.29, 1.82) is 0 Å². The second kappa shape index (κ2) is 5.43. The number of urea groups is 1. The Hall–Kier alpha value is -2.57. The molecule has 1 aromatic heterocycles. The van der Waals surface area contributed by atoms with Crippen molar-refractivity contribution in [2.24, 2.45) is 5.41 Å². The molecule has 0 unspecified atom stereocenters. The number of hydrogen-bond donors (Lipinski definition) is 4. The minimum absolute atomic E-state index is 0.0227. The van der Waals surface area contributed by atoms with Gasteiger partial charge in [0.15, 0.2) is 0 Å². The fourth-order valence-electron chi connectivity index (χ4n) is 1.78. The van der Waals surface area contributed by atoms with Crippen molar-refractivity contribution in [3.8, 4) is 0 Å². The van der Waals surface area contributed by atoms with Gasteiger partial charge in [0.25, 0.3) is 11.1 Å². The van der Waals surface area contributed by atoms with Gasteiger partial charge < -0.3 is 10.6 Å². The van der Waals surface area contributed by atoms with E-state index in [1.54, 1.807) is 6.07 Å². The van der Waals surface area contributed by atoms with Crippen LogP contribution in [0, 0.1) is 5.41 Å². The zero-order chi connectivity index (χ0) is 15.6. The first-order valence-corrected chi connectivity index (χ1v) is 6.56. The molecule has 0 radical (unpaired) electrons. The predicted molar refractivity (Wildman–Crippen MR) is 81.7 cm³/mol. The molecule has 1 aromatic carbocycles. The molecule has 7 nitrogen and oxygen atoms in total. The first-order chi connectivity index (χ1) is 9.76. The van der Waals surface area contributed by atoms with Gasteiger partial charge in [0.05, 0.1) is 10.8 Å². The molecule has 112 valence electrons. The molecule has 0 saturated heterocycles. The van der Waals surface area contributed by atoms with Gasteiger partial charge in [0, 0.05) is 12.2 Å². The summed E-state index contributed by atoms with van der Waals surface area (Å²) in [6.07, 6.45) is 0. The Balaban J connectivity index is 2.20. The van der Waals surface area contributed by atoms with Crippen LogP contribution >= 0.6 is 0 Å². The summed E-state index contributed by atoms with van der Waals surface area (Å²) in [5, 5.41) is 10.4. The Morgan fingerprint density at radius 2 is 1.71 bits per heavy atom. The maximum absolute atomic E-state index is 11.8. The summed E-state index contributed by atoms with van der Waals surface area (Å²) in [4.78, 5) is 35.0. The summed E-state index contributed by atoms with van der Waals surface area (Å²) in [6.45, 7) is 6.55. The van der Waals surface area contributed by atoms with Crippen molar-refractivity contribution >= 4 is 22.5 Å². The SMILES string of the molecule is CC(C)(C)CNC(=O)Nc1ccc2c(=O)[nH][nH]c(=O)c2c1. The Bertz CT molecular complexity index is 783. The van der Waals surface area contributed by atoms with E-state index in [-0.39, 0.29) is 27.8 Å². The number of H-pyrrole nitrogens is 2. The molecule has 0 aliphatic carbocycles. The van der Waals surface area contributed by atoms with E-state index in [1.807, 2.05) is 20.8 Å². The molecule has 0 aliphatic rings. The molecule has 7 heteroatoms. The summed E-state index contributed by atoms with van der Waals surface area (Å²) in [5.74, 6) is 0. The van der Waals surface area contributed by atoms with Crippen molar-refractivity contribution in [3.63, 3.8) is 0 Å². The third kappa shape index (κ3) is 3.71. The van der Waals surface area contributed by atoms with Crippen molar-refractivity contribution in [2.75, 3.05) is 11.9 Å². The second-order valence-electron chi connectivity index (χ2n) is 6.04. The summed E-state index contributed by atoms with van der Waals surface area (Å²) in [7, 11) is 0. The van der Waals surface area contributed by atoms with Gasteiger partial charge in [0.1, 0.15) is 0 Å². The molecule has 0 spiro atoms. The van der Waals surface area contributed by atoms with E-state index in [9.17, 15) is 14.4 Å². The maximum Gasteiger partial charge on any atom is 0.319 e. The molecular formula is C14H18N4O3. The highest BCUT2D eigenvalue weighted by Gasteiger charge is 2.12. The maximum atomic E-state index is 11.8. The lowest BCUT2D eigenvalue weighted by molar-refractivity contribution is 0.247. The average molecular weight is 290 g/mol. The first kappa shape index (κ1) is 14.8. The number of anilines is 1. The van der Waals surface area contributed by atoms with Gasteiger partial charge in [-0.3, -0.25) is 19.8 Å². The van der Waals surface area contributed by atoms with Crippen molar-refractivity contribution in [2.45, 2.75) is 20.8 Å². The van der Waals surface area contributed by atoms with Gasteiger partial charge in [-0.15, -0.1) is 0 Å². The Morgan fingerprint density at radius 1 is 1.10 bits per heavy atom. The molecule has 0 bridgehead atoms. The number of carbonyl (C=O) groups excluding carboxylic acids is 1. The van der Waals surface area contributed by atoms with Crippen LogP contribution in [-0.2, 0) is 0 Å². The normalized spacial score (nSPS) is 11.4. The number of rotatable bonds is 2. The monoisotopic (exact) mass is 290 g/mol. The summed E-state index contributed by atoms with van der Waals surface area (Å²) in [5.41, 5.74) is -0.368. The van der Waals surface area contributed by atoms with Gasteiger partial charge >= 0.3 is 6.03 Å². The lowest BCUT2D eigenvalue weighted by Crippen LogP contribution is -2.35. The number of hydrogen-bond acceptors (Lipinski definition) is 3. The molecule has 2 aromatic rings. The van der Waals surface area contributed by atoms with E-state index in [4.69, 9.17) is 0 Å². The van der Waals surface area contributed by atoms with Crippen molar-refractivity contribution < 1.29 is 4.79 Å². The highest BCUT2D eigenvalue weighted by atomic mass is 16.2. The van der Waals surface area contributed by atoms with Gasteiger partial charge in [0.2, 0.25) is 0 Å². The largest absolute Gasteiger partial charge is 0.337 e. The first-order valence-electron chi connectivity index (χ1n) is 6.56. The molecule has 2 amide bonds. The topological polar surface area (TPSA) is 107 Å². The minimum atomic E-state index is -0.414. The third-order valence-corrected chi connectivity index (χ3v) is 2.84. The highest BCUT2D eigenvalue weighted by Crippen LogP contribution is 2.13. The zero-order valence-corrected chi connectivity index (χ0v) is 12.2. The molecule has 4 N–H and O–H groups in total. The standard InChI is InChI=1S/C14H18N4O3/c1-14(2,3)7-15-13(21)16-8-4-5-9-10(6-8)12(20)18-17-11(9)19/h4-6H,7H2,1-3H3,(H,17,19)(H,18,20)(H2,15,16,21). The van der Waals surface area contributed by atoms with Crippen molar-refractivity contribution in [1.82, 2.24) is 15.5 Å². The van der Waals surface area contributed by atoms with Gasteiger partial charge in [-0.2, -0.15) is 0 Å². The summed E-state index contributed by atoms with van der Waals surface area (Å²) >= 11 is 0. The van der Waals surface area contributed by atoms with E-state index in [0.29, 0.717) is 12.2 Å². The average Bonchev–Trinajstić information content (AvgIpc) is 2.40. The smallest absolute Gasteiger partial charge is 0.319 e. The van der Waals surface area contributed by atoms with Crippen LogP contribution in [0.5, 0.6) is 0 Å². The number of amides is 2. The molecule has 0 fully saturated rings. The molecule has 2 rings (SSSR count). The summed E-state index contributed by atoms with van der Waals surface area (Å²) in [6, 6.07) is 4.20. The number of nitrogens with one attached hydrogen (secondary N) is 4. The number of aromatic nitrogens is 2. The van der Waals surface area contributed by atoms with Crippen LogP contribution in [0.3, 0.4) is 0 Å². The fraction of sp³-hybridized carbons (Fsp3) is 0.357. The second-order valence-corrected chi connectivity index (χ2v) is 6.04. The van der Waals surface area contributed by atoms with Crippen LogP contribution in [-0.4, -0.2) is 22.8 Å². The van der Waals surface area contributed by atoms with Crippen LogP contribution in [0.4, 0.5) is 10.5 Å². The Labute approximate surface area is 120 Å². The summed E-state index contributed by atoms with van der Waals surface area (Å²) < 4.78 is 0. The van der Waals surface area contributed by atoms with E-state index in [1.165, 1.54) is 12.1 Å². The van der Waals surface area contributed by atoms with E-state index in [0.717, 1.165) is 0 Å². The van der Waals surface area contributed by atoms with Gasteiger partial charge in [-0.1, -0.05) is 20.8 Å². The minimum Gasteiger partial charge on any atom is -0.337 e.